The van der Waals surface area contributed by atoms with E-state index in [-0.39, 0.29) is 24.0 Å². The van der Waals surface area contributed by atoms with Gasteiger partial charge < -0.3 is 15.1 Å². The van der Waals surface area contributed by atoms with Gasteiger partial charge in [-0.25, -0.2) is 0 Å². The molecule has 1 saturated heterocycles. The van der Waals surface area contributed by atoms with Gasteiger partial charge in [0.1, 0.15) is 0 Å². The number of aromatic nitrogens is 2. The molecule has 3 rings (SSSR count). The predicted molar refractivity (Wildman–Crippen MR) is 114 cm³/mol. The highest BCUT2D eigenvalue weighted by Gasteiger charge is 2.20. The van der Waals surface area contributed by atoms with Crippen molar-refractivity contribution in [1.82, 2.24) is 20.0 Å². The molecular formula is C17H24ClIN6. The minimum Gasteiger partial charge on any atom is -0.368 e. The van der Waals surface area contributed by atoms with Crippen LogP contribution in [0.25, 0.3) is 0 Å². The maximum atomic E-state index is 6.10. The standard InChI is InChI=1S/C17H23ClN6.HI/c1-19-17(20-13-16-6-7-21-22(16)2)24-10-8-23(9-11-24)15-5-3-4-14(18)12-15;/h3-7,12H,8-11,13H2,1-2H3,(H,19,20);1H. The van der Waals surface area contributed by atoms with E-state index in [0.29, 0.717) is 0 Å². The van der Waals surface area contributed by atoms with Gasteiger partial charge in [-0.1, -0.05) is 17.7 Å². The summed E-state index contributed by atoms with van der Waals surface area (Å²) in [5, 5.41) is 8.39. The molecule has 2 heterocycles. The zero-order valence-electron chi connectivity index (χ0n) is 14.5. The Morgan fingerprint density at radius 3 is 2.60 bits per heavy atom. The number of hydrogen-bond donors (Lipinski definition) is 1. The molecule has 25 heavy (non-hydrogen) atoms. The zero-order chi connectivity index (χ0) is 16.9. The summed E-state index contributed by atoms with van der Waals surface area (Å²) >= 11 is 6.10. The molecule has 6 nitrogen and oxygen atoms in total. The molecule has 0 unspecified atom stereocenters. The van der Waals surface area contributed by atoms with Crippen molar-refractivity contribution < 1.29 is 0 Å². The second-order valence-corrected chi connectivity index (χ2v) is 6.24. The van der Waals surface area contributed by atoms with E-state index in [1.54, 1.807) is 0 Å². The number of anilines is 1. The van der Waals surface area contributed by atoms with Gasteiger partial charge in [0, 0.05) is 57.2 Å². The smallest absolute Gasteiger partial charge is 0.194 e. The van der Waals surface area contributed by atoms with Gasteiger partial charge in [-0.05, 0) is 24.3 Å². The largest absolute Gasteiger partial charge is 0.368 e. The lowest BCUT2D eigenvalue weighted by Gasteiger charge is -2.37. The number of aliphatic imine (C=N–C) groups is 1. The Morgan fingerprint density at radius 2 is 2.00 bits per heavy atom. The van der Waals surface area contributed by atoms with Crippen LogP contribution in [0.4, 0.5) is 5.69 Å². The van der Waals surface area contributed by atoms with Crippen LogP contribution < -0.4 is 10.2 Å². The molecule has 0 radical (unpaired) electrons. The Morgan fingerprint density at radius 1 is 1.24 bits per heavy atom. The Kier molecular flexibility index (Phi) is 7.37. The Labute approximate surface area is 170 Å². The maximum Gasteiger partial charge on any atom is 0.194 e. The third-order valence-electron chi connectivity index (χ3n) is 4.31. The monoisotopic (exact) mass is 474 g/mol. The van der Waals surface area contributed by atoms with Crippen LogP contribution >= 0.6 is 35.6 Å². The van der Waals surface area contributed by atoms with E-state index in [1.165, 1.54) is 5.69 Å². The van der Waals surface area contributed by atoms with Crippen molar-refractivity contribution in [2.24, 2.45) is 12.0 Å². The predicted octanol–water partition coefficient (Wildman–Crippen LogP) is 2.59. The summed E-state index contributed by atoms with van der Waals surface area (Å²) in [5.74, 6) is 0.932. The lowest BCUT2D eigenvalue weighted by atomic mass is 10.2. The molecule has 1 aliphatic rings. The minimum absolute atomic E-state index is 0. The first-order valence-electron chi connectivity index (χ1n) is 8.10. The quantitative estimate of drug-likeness (QED) is 0.422. The normalized spacial score (nSPS) is 15.1. The van der Waals surface area contributed by atoms with Crippen LogP contribution in [-0.4, -0.2) is 53.9 Å². The van der Waals surface area contributed by atoms with E-state index in [9.17, 15) is 0 Å². The molecule has 136 valence electrons. The summed E-state index contributed by atoms with van der Waals surface area (Å²) < 4.78 is 1.87. The first kappa shape index (κ1) is 19.8. The summed E-state index contributed by atoms with van der Waals surface area (Å²) in [6.45, 7) is 4.48. The van der Waals surface area contributed by atoms with Crippen molar-refractivity contribution in [3.05, 3.63) is 47.2 Å². The second kappa shape index (κ2) is 9.28. The van der Waals surface area contributed by atoms with Gasteiger partial charge in [0.25, 0.3) is 0 Å². The van der Waals surface area contributed by atoms with Crippen LogP contribution in [-0.2, 0) is 13.6 Å². The van der Waals surface area contributed by atoms with Crippen molar-refractivity contribution in [2.45, 2.75) is 6.54 Å². The maximum absolute atomic E-state index is 6.10. The summed E-state index contributed by atoms with van der Waals surface area (Å²) in [6, 6.07) is 10.0. The molecule has 0 bridgehead atoms. The summed E-state index contributed by atoms with van der Waals surface area (Å²) in [7, 11) is 3.78. The molecule has 0 atom stereocenters. The topological polar surface area (TPSA) is 48.7 Å². The summed E-state index contributed by atoms with van der Waals surface area (Å²) in [5.41, 5.74) is 2.31. The van der Waals surface area contributed by atoms with Crippen LogP contribution in [0.2, 0.25) is 5.02 Å². The van der Waals surface area contributed by atoms with Gasteiger partial charge in [0.05, 0.1) is 12.2 Å². The number of nitrogens with zero attached hydrogens (tertiary/aromatic N) is 5. The number of hydrogen-bond acceptors (Lipinski definition) is 3. The first-order chi connectivity index (χ1) is 11.7. The highest BCUT2D eigenvalue weighted by Crippen LogP contribution is 2.20. The van der Waals surface area contributed by atoms with Crippen molar-refractivity contribution >= 4 is 47.2 Å². The van der Waals surface area contributed by atoms with Gasteiger partial charge in [-0.2, -0.15) is 5.10 Å². The van der Waals surface area contributed by atoms with E-state index in [0.717, 1.165) is 49.4 Å². The molecule has 1 aromatic heterocycles. The minimum atomic E-state index is 0. The Bertz CT molecular complexity index is 709. The number of guanidine groups is 1. The van der Waals surface area contributed by atoms with Crippen molar-refractivity contribution in [3.8, 4) is 0 Å². The molecule has 0 aliphatic carbocycles. The average molecular weight is 475 g/mol. The molecule has 2 aromatic rings. The number of benzene rings is 1. The lowest BCUT2D eigenvalue weighted by Crippen LogP contribution is -2.52. The van der Waals surface area contributed by atoms with Gasteiger partial charge in [0.2, 0.25) is 0 Å². The Balaban J connectivity index is 0.00000225. The molecule has 0 saturated carbocycles. The van der Waals surface area contributed by atoms with Gasteiger partial charge in [-0.15, -0.1) is 24.0 Å². The van der Waals surface area contributed by atoms with E-state index >= 15 is 0 Å². The molecule has 1 fully saturated rings. The third kappa shape index (κ3) is 5.01. The van der Waals surface area contributed by atoms with E-state index in [1.807, 2.05) is 49.2 Å². The molecule has 0 amide bonds. The van der Waals surface area contributed by atoms with E-state index in [4.69, 9.17) is 11.6 Å². The average Bonchev–Trinajstić information content (AvgIpc) is 3.01. The van der Waals surface area contributed by atoms with Gasteiger partial charge in [0.15, 0.2) is 5.96 Å². The molecule has 8 heteroatoms. The van der Waals surface area contributed by atoms with Gasteiger partial charge >= 0.3 is 0 Å². The fourth-order valence-corrected chi connectivity index (χ4v) is 3.11. The van der Waals surface area contributed by atoms with Crippen molar-refractivity contribution in [1.29, 1.82) is 0 Å². The molecule has 0 spiro atoms. The molecular weight excluding hydrogens is 451 g/mol. The fraction of sp³-hybridized carbons (Fsp3) is 0.412. The highest BCUT2D eigenvalue weighted by molar-refractivity contribution is 14.0. The van der Waals surface area contributed by atoms with Crippen LogP contribution in [0.5, 0.6) is 0 Å². The molecule has 1 aromatic carbocycles. The number of piperazine rings is 1. The van der Waals surface area contributed by atoms with Crippen molar-refractivity contribution in [2.75, 3.05) is 38.1 Å². The Hall–Kier alpha value is -1.48. The lowest BCUT2D eigenvalue weighted by molar-refractivity contribution is 0.372. The summed E-state index contributed by atoms with van der Waals surface area (Å²) in [4.78, 5) is 9.06. The molecule has 1 aliphatic heterocycles. The van der Waals surface area contributed by atoms with Crippen LogP contribution in [0.1, 0.15) is 5.69 Å². The SMILES string of the molecule is CN=C(NCc1ccnn1C)N1CCN(c2cccc(Cl)c2)CC1.I. The number of rotatable bonds is 3. The van der Waals surface area contributed by atoms with Crippen LogP contribution in [0, 0.1) is 0 Å². The number of aryl methyl sites for hydroxylation is 1. The number of nitrogens with one attached hydrogen (secondary N) is 1. The zero-order valence-corrected chi connectivity index (χ0v) is 17.6. The highest BCUT2D eigenvalue weighted by atomic mass is 127. The van der Waals surface area contributed by atoms with Crippen LogP contribution in [0.15, 0.2) is 41.5 Å². The van der Waals surface area contributed by atoms with Crippen molar-refractivity contribution in [3.63, 3.8) is 0 Å². The summed E-state index contributed by atoms with van der Waals surface area (Å²) in [6.07, 6.45) is 1.81. The molecule has 1 N–H and O–H groups in total. The first-order valence-corrected chi connectivity index (χ1v) is 8.48. The van der Waals surface area contributed by atoms with E-state index < -0.39 is 0 Å². The van der Waals surface area contributed by atoms with Crippen LogP contribution in [0.3, 0.4) is 0 Å². The van der Waals surface area contributed by atoms with E-state index in [2.05, 4.69) is 31.3 Å². The second-order valence-electron chi connectivity index (χ2n) is 5.80. The number of halogens is 2. The van der Waals surface area contributed by atoms with Gasteiger partial charge in [-0.3, -0.25) is 9.67 Å². The third-order valence-corrected chi connectivity index (χ3v) is 4.55. The fourth-order valence-electron chi connectivity index (χ4n) is 2.93.